The first-order chi connectivity index (χ1) is 10.4. The maximum atomic E-state index is 5.68. The lowest BCUT2D eigenvalue weighted by molar-refractivity contribution is 0.312. The van der Waals surface area contributed by atoms with E-state index in [9.17, 15) is 0 Å². The van der Waals surface area contributed by atoms with Crippen LogP contribution in [-0.2, 0) is 13.1 Å². The third-order valence-electron chi connectivity index (χ3n) is 3.80. The second kappa shape index (κ2) is 4.89. The molecule has 6 nitrogen and oxygen atoms in total. The highest BCUT2D eigenvalue weighted by Crippen LogP contribution is 2.36. The third kappa shape index (κ3) is 1.99. The number of aromatic nitrogens is 2. The van der Waals surface area contributed by atoms with E-state index >= 15 is 0 Å². The lowest BCUT2D eigenvalue weighted by Crippen LogP contribution is -2.30. The maximum absolute atomic E-state index is 5.68. The van der Waals surface area contributed by atoms with E-state index in [0.717, 1.165) is 42.3 Å². The molecule has 0 amide bonds. The summed E-state index contributed by atoms with van der Waals surface area (Å²) in [5.41, 5.74) is 3.07. The van der Waals surface area contributed by atoms with Crippen LogP contribution < -0.4 is 19.7 Å². The van der Waals surface area contributed by atoms with Crippen molar-refractivity contribution in [3.63, 3.8) is 0 Å². The first-order valence-corrected chi connectivity index (χ1v) is 7.00. The van der Waals surface area contributed by atoms with Crippen molar-refractivity contribution in [3.05, 3.63) is 35.5 Å². The molecule has 2 aliphatic rings. The van der Waals surface area contributed by atoms with Gasteiger partial charge in [0.2, 0.25) is 11.8 Å². The van der Waals surface area contributed by atoms with Crippen LogP contribution >= 0.6 is 0 Å². The number of fused-ring (bicyclic) bond motifs is 2. The van der Waals surface area contributed by atoms with Crippen molar-refractivity contribution in [1.82, 2.24) is 15.3 Å². The molecular formula is C15H16N4O2. The number of nitrogens with one attached hydrogen (secondary N) is 1. The fourth-order valence-corrected chi connectivity index (χ4v) is 2.79. The van der Waals surface area contributed by atoms with Gasteiger partial charge in [0.05, 0.1) is 30.6 Å². The van der Waals surface area contributed by atoms with Crippen LogP contribution in [0.25, 0.3) is 0 Å². The number of methoxy groups -OCH3 is 1. The number of hydrogen-bond donors (Lipinski definition) is 1. The first-order valence-electron chi connectivity index (χ1n) is 7.00. The van der Waals surface area contributed by atoms with E-state index < -0.39 is 0 Å². The van der Waals surface area contributed by atoms with E-state index in [1.807, 2.05) is 24.3 Å². The van der Waals surface area contributed by atoms with Gasteiger partial charge in [0.25, 0.3) is 0 Å². The van der Waals surface area contributed by atoms with Crippen molar-refractivity contribution in [2.75, 3.05) is 25.2 Å². The number of rotatable bonds is 2. The van der Waals surface area contributed by atoms with Gasteiger partial charge >= 0.3 is 0 Å². The molecule has 2 aliphatic heterocycles. The molecule has 21 heavy (non-hydrogen) atoms. The molecule has 0 fully saturated rings. The number of para-hydroxylation sites is 2. The minimum absolute atomic E-state index is 0.623. The summed E-state index contributed by atoms with van der Waals surface area (Å²) in [5.74, 6) is 2.19. The topological polar surface area (TPSA) is 59.5 Å². The van der Waals surface area contributed by atoms with Gasteiger partial charge in [-0.1, -0.05) is 12.1 Å². The standard InChI is InChI=1S/C15H16N4O2/c1-20-14-10-8-16-9-11(10)17-15(18-14)19-6-7-21-13-5-3-2-4-12(13)19/h2-5,16H,6-9H2,1H3. The molecule has 0 bridgehead atoms. The summed E-state index contributed by atoms with van der Waals surface area (Å²) in [6, 6.07) is 7.95. The summed E-state index contributed by atoms with van der Waals surface area (Å²) in [6.07, 6.45) is 0. The molecule has 6 heteroatoms. The molecule has 0 saturated heterocycles. The molecule has 0 saturated carbocycles. The van der Waals surface area contributed by atoms with Crippen molar-refractivity contribution >= 4 is 11.6 Å². The van der Waals surface area contributed by atoms with Crippen LogP contribution in [0.5, 0.6) is 11.6 Å². The molecule has 4 rings (SSSR count). The van der Waals surface area contributed by atoms with Gasteiger partial charge in [-0.2, -0.15) is 4.98 Å². The molecule has 1 N–H and O–H groups in total. The van der Waals surface area contributed by atoms with E-state index in [-0.39, 0.29) is 0 Å². The third-order valence-corrected chi connectivity index (χ3v) is 3.80. The molecule has 3 heterocycles. The van der Waals surface area contributed by atoms with Gasteiger partial charge in [0.15, 0.2) is 0 Å². The average molecular weight is 284 g/mol. The van der Waals surface area contributed by atoms with Crippen molar-refractivity contribution in [1.29, 1.82) is 0 Å². The predicted molar refractivity (Wildman–Crippen MR) is 78.1 cm³/mol. The Morgan fingerprint density at radius 1 is 1.24 bits per heavy atom. The normalized spacial score (nSPS) is 16.1. The predicted octanol–water partition coefficient (Wildman–Crippen LogP) is 1.62. The Labute approximate surface area is 122 Å². The number of nitrogens with zero attached hydrogens (tertiary/aromatic N) is 3. The van der Waals surface area contributed by atoms with Crippen molar-refractivity contribution < 1.29 is 9.47 Å². The second-order valence-corrected chi connectivity index (χ2v) is 5.03. The van der Waals surface area contributed by atoms with Gasteiger partial charge in [-0.05, 0) is 12.1 Å². The molecule has 0 aliphatic carbocycles. The quantitative estimate of drug-likeness (QED) is 0.904. The van der Waals surface area contributed by atoms with E-state index in [1.54, 1.807) is 7.11 Å². The molecule has 0 atom stereocenters. The van der Waals surface area contributed by atoms with Gasteiger partial charge in [-0.15, -0.1) is 0 Å². The monoisotopic (exact) mass is 284 g/mol. The van der Waals surface area contributed by atoms with E-state index in [4.69, 9.17) is 14.5 Å². The number of hydrogen-bond acceptors (Lipinski definition) is 6. The van der Waals surface area contributed by atoms with Crippen LogP contribution in [0.4, 0.5) is 11.6 Å². The van der Waals surface area contributed by atoms with Gasteiger partial charge in [-0.3, -0.25) is 0 Å². The van der Waals surface area contributed by atoms with Crippen LogP contribution in [0.1, 0.15) is 11.3 Å². The Morgan fingerprint density at radius 2 is 2.14 bits per heavy atom. The Kier molecular flexibility index (Phi) is 2.89. The smallest absolute Gasteiger partial charge is 0.233 e. The zero-order valence-electron chi connectivity index (χ0n) is 11.8. The summed E-state index contributed by atoms with van der Waals surface area (Å²) in [4.78, 5) is 11.4. The highest BCUT2D eigenvalue weighted by molar-refractivity contribution is 5.67. The molecule has 108 valence electrons. The summed E-state index contributed by atoms with van der Waals surface area (Å²) in [6.45, 7) is 2.87. The number of anilines is 2. The minimum Gasteiger partial charge on any atom is -0.490 e. The summed E-state index contributed by atoms with van der Waals surface area (Å²) < 4.78 is 11.1. The molecule has 1 aromatic carbocycles. The largest absolute Gasteiger partial charge is 0.490 e. The molecule has 1 aromatic heterocycles. The highest BCUT2D eigenvalue weighted by Gasteiger charge is 2.25. The van der Waals surface area contributed by atoms with Crippen LogP contribution in [-0.4, -0.2) is 30.2 Å². The Hall–Kier alpha value is -2.34. The zero-order valence-corrected chi connectivity index (χ0v) is 11.8. The molecule has 2 aromatic rings. The molecule has 0 unspecified atom stereocenters. The summed E-state index contributed by atoms with van der Waals surface area (Å²) >= 11 is 0. The fraction of sp³-hybridized carbons (Fsp3) is 0.333. The van der Waals surface area contributed by atoms with Crippen molar-refractivity contribution in [2.24, 2.45) is 0 Å². The number of ether oxygens (including phenoxy) is 2. The summed E-state index contributed by atoms with van der Waals surface area (Å²) in [7, 11) is 1.65. The highest BCUT2D eigenvalue weighted by atomic mass is 16.5. The Bertz CT molecular complexity index is 689. The Morgan fingerprint density at radius 3 is 3.05 bits per heavy atom. The van der Waals surface area contributed by atoms with Gasteiger partial charge in [0.1, 0.15) is 12.4 Å². The van der Waals surface area contributed by atoms with Crippen LogP contribution in [0.2, 0.25) is 0 Å². The van der Waals surface area contributed by atoms with Crippen molar-refractivity contribution in [3.8, 4) is 11.6 Å². The van der Waals surface area contributed by atoms with Gasteiger partial charge in [-0.25, -0.2) is 4.98 Å². The summed E-state index contributed by atoms with van der Waals surface area (Å²) in [5, 5.41) is 3.29. The lowest BCUT2D eigenvalue weighted by Gasteiger charge is -2.29. The van der Waals surface area contributed by atoms with E-state index in [1.165, 1.54) is 0 Å². The van der Waals surface area contributed by atoms with Crippen LogP contribution in [0.3, 0.4) is 0 Å². The maximum Gasteiger partial charge on any atom is 0.233 e. The van der Waals surface area contributed by atoms with Gasteiger partial charge < -0.3 is 19.7 Å². The lowest BCUT2D eigenvalue weighted by atomic mass is 10.2. The Balaban J connectivity index is 1.81. The van der Waals surface area contributed by atoms with Crippen LogP contribution in [0, 0.1) is 0 Å². The van der Waals surface area contributed by atoms with E-state index in [2.05, 4.69) is 15.2 Å². The van der Waals surface area contributed by atoms with Crippen LogP contribution in [0.15, 0.2) is 24.3 Å². The minimum atomic E-state index is 0.623. The fourth-order valence-electron chi connectivity index (χ4n) is 2.79. The SMILES string of the molecule is COc1nc(N2CCOc3ccccc32)nc2c1CNC2. The molecular weight excluding hydrogens is 268 g/mol. The first kappa shape index (κ1) is 12.4. The van der Waals surface area contributed by atoms with Gasteiger partial charge in [0, 0.05) is 13.1 Å². The zero-order chi connectivity index (χ0) is 14.2. The van der Waals surface area contributed by atoms with E-state index in [0.29, 0.717) is 18.4 Å². The number of benzene rings is 1. The second-order valence-electron chi connectivity index (χ2n) is 5.03. The average Bonchev–Trinajstić information content (AvgIpc) is 3.02. The van der Waals surface area contributed by atoms with Crippen molar-refractivity contribution in [2.45, 2.75) is 13.1 Å². The molecule has 0 radical (unpaired) electrons. The molecule has 0 spiro atoms.